The van der Waals surface area contributed by atoms with Crippen LogP contribution in [0.15, 0.2) is 91.0 Å². The first kappa shape index (κ1) is 22.0. The van der Waals surface area contributed by atoms with Gasteiger partial charge in [-0.2, -0.15) is 0 Å². The molecule has 4 atom stereocenters. The highest BCUT2D eigenvalue weighted by molar-refractivity contribution is 6.20. The molecule has 1 saturated heterocycles. The first-order valence-corrected chi connectivity index (χ1v) is 11.0. The van der Waals surface area contributed by atoms with Crippen LogP contribution in [0.4, 0.5) is 0 Å². The van der Waals surface area contributed by atoms with Crippen LogP contribution in [-0.4, -0.2) is 30.5 Å². The molecule has 0 amide bonds. The molecule has 3 aromatic carbocycles. The van der Waals surface area contributed by atoms with E-state index in [0.29, 0.717) is 26.4 Å². The van der Waals surface area contributed by atoms with Gasteiger partial charge >= 0.3 is 0 Å². The predicted octanol–water partition coefficient (Wildman–Crippen LogP) is 5.34. The molecule has 4 nitrogen and oxygen atoms in total. The van der Waals surface area contributed by atoms with Gasteiger partial charge in [0.05, 0.1) is 26.4 Å². The zero-order valence-electron chi connectivity index (χ0n) is 17.3. The molecule has 0 aromatic heterocycles. The molecule has 0 aliphatic carbocycles. The van der Waals surface area contributed by atoms with E-state index in [1.54, 1.807) is 0 Å². The van der Waals surface area contributed by atoms with Gasteiger partial charge in [0.15, 0.2) is 5.56 Å². The first-order valence-electron chi connectivity index (χ1n) is 10.5. The van der Waals surface area contributed by atoms with Crippen LogP contribution in [0.1, 0.15) is 16.7 Å². The molecular formula is C26H27ClO4. The Labute approximate surface area is 188 Å². The molecule has 4 rings (SSSR count). The standard InChI is InChI=1S/C26H27ClO4/c27-26-25(30-18-22-14-8-3-9-15-22)24(29-17-21-12-6-2-7-13-21)23(31-26)19-28-16-20-10-4-1-5-11-20/h1-15,23-26H,16-19H2. The summed E-state index contributed by atoms with van der Waals surface area (Å²) in [6, 6.07) is 30.1. The molecule has 4 unspecified atom stereocenters. The highest BCUT2D eigenvalue weighted by atomic mass is 35.5. The number of rotatable bonds is 10. The molecule has 5 heteroatoms. The van der Waals surface area contributed by atoms with Crippen molar-refractivity contribution in [1.29, 1.82) is 0 Å². The molecule has 0 radical (unpaired) electrons. The van der Waals surface area contributed by atoms with Crippen LogP contribution >= 0.6 is 11.6 Å². The number of hydrogen-bond donors (Lipinski definition) is 0. The summed E-state index contributed by atoms with van der Waals surface area (Å²) in [5, 5.41) is 0. The summed E-state index contributed by atoms with van der Waals surface area (Å²) in [4.78, 5) is 0. The predicted molar refractivity (Wildman–Crippen MR) is 121 cm³/mol. The third kappa shape index (κ3) is 6.39. The van der Waals surface area contributed by atoms with Crippen LogP contribution in [0.2, 0.25) is 0 Å². The van der Waals surface area contributed by atoms with Gasteiger partial charge in [-0.05, 0) is 16.7 Å². The van der Waals surface area contributed by atoms with Gasteiger partial charge in [0.1, 0.15) is 18.3 Å². The van der Waals surface area contributed by atoms with Gasteiger partial charge in [-0.3, -0.25) is 0 Å². The third-order valence-corrected chi connectivity index (χ3v) is 5.57. The average molecular weight is 439 g/mol. The van der Waals surface area contributed by atoms with E-state index in [9.17, 15) is 0 Å². The smallest absolute Gasteiger partial charge is 0.160 e. The van der Waals surface area contributed by atoms with E-state index in [2.05, 4.69) is 0 Å². The second-order valence-corrected chi connectivity index (χ2v) is 7.98. The topological polar surface area (TPSA) is 36.9 Å². The van der Waals surface area contributed by atoms with E-state index in [0.717, 1.165) is 16.7 Å². The van der Waals surface area contributed by atoms with Crippen molar-refractivity contribution >= 4 is 11.6 Å². The second-order valence-electron chi connectivity index (χ2n) is 7.55. The van der Waals surface area contributed by atoms with Crippen molar-refractivity contribution in [3.63, 3.8) is 0 Å². The molecule has 1 aliphatic rings. The fourth-order valence-electron chi connectivity index (χ4n) is 3.59. The van der Waals surface area contributed by atoms with E-state index in [1.165, 1.54) is 0 Å². The lowest BCUT2D eigenvalue weighted by molar-refractivity contribution is -0.0896. The minimum absolute atomic E-state index is 0.310. The fourth-order valence-corrected chi connectivity index (χ4v) is 3.94. The molecule has 162 valence electrons. The lowest BCUT2D eigenvalue weighted by Crippen LogP contribution is -2.38. The van der Waals surface area contributed by atoms with Gasteiger partial charge in [-0.15, -0.1) is 0 Å². The van der Waals surface area contributed by atoms with Gasteiger partial charge in [0.2, 0.25) is 0 Å². The summed E-state index contributed by atoms with van der Waals surface area (Å²) < 4.78 is 24.3. The molecule has 0 N–H and O–H groups in total. The summed E-state index contributed by atoms with van der Waals surface area (Å²) >= 11 is 6.53. The fraction of sp³-hybridized carbons (Fsp3) is 0.308. The highest BCUT2D eigenvalue weighted by Crippen LogP contribution is 2.31. The number of benzene rings is 3. The number of halogens is 1. The Kier molecular flexibility index (Phi) is 8.11. The minimum atomic E-state index is -0.602. The number of alkyl halides is 1. The van der Waals surface area contributed by atoms with Crippen LogP contribution < -0.4 is 0 Å². The van der Waals surface area contributed by atoms with Crippen molar-refractivity contribution in [2.45, 2.75) is 43.7 Å². The van der Waals surface area contributed by atoms with Gasteiger partial charge in [-0.1, -0.05) is 103 Å². The normalized spacial score (nSPS) is 23.1. The van der Waals surface area contributed by atoms with Crippen molar-refractivity contribution in [2.24, 2.45) is 0 Å². The summed E-state index contributed by atoms with van der Waals surface area (Å²) in [6.45, 7) is 1.79. The third-order valence-electron chi connectivity index (χ3n) is 5.22. The Morgan fingerprint density at radius 2 is 1.06 bits per heavy atom. The van der Waals surface area contributed by atoms with Gasteiger partial charge in [-0.25, -0.2) is 0 Å². The Morgan fingerprint density at radius 3 is 1.58 bits per heavy atom. The van der Waals surface area contributed by atoms with E-state index in [1.807, 2.05) is 91.0 Å². The Bertz CT molecular complexity index is 891. The maximum absolute atomic E-state index is 6.53. The van der Waals surface area contributed by atoms with E-state index >= 15 is 0 Å². The Morgan fingerprint density at radius 1 is 0.613 bits per heavy atom. The monoisotopic (exact) mass is 438 g/mol. The SMILES string of the molecule is ClC1OC(COCc2ccccc2)C(OCc2ccccc2)C1OCc1ccccc1. The van der Waals surface area contributed by atoms with Gasteiger partial charge < -0.3 is 18.9 Å². The molecule has 1 aliphatic heterocycles. The maximum atomic E-state index is 6.53. The van der Waals surface area contributed by atoms with Crippen LogP contribution in [0.5, 0.6) is 0 Å². The molecular weight excluding hydrogens is 412 g/mol. The lowest BCUT2D eigenvalue weighted by atomic mass is 10.1. The summed E-state index contributed by atoms with van der Waals surface area (Å²) in [6.07, 6.45) is -1.03. The Hall–Kier alpha value is -2.21. The van der Waals surface area contributed by atoms with Crippen molar-refractivity contribution in [3.8, 4) is 0 Å². The number of ether oxygens (including phenoxy) is 4. The van der Waals surface area contributed by atoms with E-state index in [4.69, 9.17) is 30.5 Å². The molecule has 3 aromatic rings. The zero-order valence-corrected chi connectivity index (χ0v) is 18.1. The van der Waals surface area contributed by atoms with Crippen molar-refractivity contribution in [1.82, 2.24) is 0 Å². The van der Waals surface area contributed by atoms with Crippen LogP contribution in [0.25, 0.3) is 0 Å². The quantitative estimate of drug-likeness (QED) is 0.400. The van der Waals surface area contributed by atoms with Crippen LogP contribution in [0.3, 0.4) is 0 Å². The molecule has 1 fully saturated rings. The maximum Gasteiger partial charge on any atom is 0.160 e. The van der Waals surface area contributed by atoms with Gasteiger partial charge in [0, 0.05) is 0 Å². The summed E-state index contributed by atoms with van der Waals surface area (Å²) in [5.74, 6) is 0. The van der Waals surface area contributed by atoms with E-state index < -0.39 is 11.7 Å². The van der Waals surface area contributed by atoms with Crippen LogP contribution in [-0.2, 0) is 38.8 Å². The molecule has 1 heterocycles. The summed E-state index contributed by atoms with van der Waals surface area (Å²) in [5.41, 5.74) is 2.68. The first-order chi connectivity index (χ1) is 15.3. The molecule has 0 spiro atoms. The minimum Gasteiger partial charge on any atom is -0.374 e. The average Bonchev–Trinajstić information content (AvgIpc) is 3.12. The zero-order chi connectivity index (χ0) is 21.3. The van der Waals surface area contributed by atoms with Crippen LogP contribution in [0, 0.1) is 0 Å². The molecule has 0 bridgehead atoms. The largest absolute Gasteiger partial charge is 0.374 e. The number of hydrogen-bond acceptors (Lipinski definition) is 4. The van der Waals surface area contributed by atoms with Crippen molar-refractivity contribution < 1.29 is 18.9 Å². The highest BCUT2D eigenvalue weighted by Gasteiger charge is 2.45. The second kappa shape index (κ2) is 11.4. The van der Waals surface area contributed by atoms with Gasteiger partial charge in [0.25, 0.3) is 0 Å². The molecule has 31 heavy (non-hydrogen) atoms. The molecule has 0 saturated carbocycles. The Balaban J connectivity index is 1.39. The van der Waals surface area contributed by atoms with Crippen molar-refractivity contribution in [2.75, 3.05) is 6.61 Å². The van der Waals surface area contributed by atoms with Crippen molar-refractivity contribution in [3.05, 3.63) is 108 Å². The summed E-state index contributed by atoms with van der Waals surface area (Å²) in [7, 11) is 0. The lowest BCUT2D eigenvalue weighted by Gasteiger charge is -2.24. The van der Waals surface area contributed by atoms with E-state index in [-0.39, 0.29) is 12.2 Å².